The second kappa shape index (κ2) is 5.91. The summed E-state index contributed by atoms with van der Waals surface area (Å²) in [6, 6.07) is 9.92. The second-order valence-electron chi connectivity index (χ2n) is 5.06. The van der Waals surface area contributed by atoms with Gasteiger partial charge in [0.05, 0.1) is 5.69 Å². The van der Waals surface area contributed by atoms with Crippen LogP contribution in [-0.2, 0) is 6.54 Å². The van der Waals surface area contributed by atoms with Gasteiger partial charge in [0.1, 0.15) is 13.2 Å². The summed E-state index contributed by atoms with van der Waals surface area (Å²) in [6.07, 6.45) is 1.79. The molecule has 1 aromatic carbocycles. The van der Waals surface area contributed by atoms with E-state index in [0.29, 0.717) is 19.8 Å². The minimum Gasteiger partial charge on any atom is -0.486 e. The Hall–Kier alpha value is -2.43. The Morgan fingerprint density at radius 2 is 2.00 bits per heavy atom. The SMILES string of the molecule is CN(C)c1ncccc1NCc1cccc2c1OCCO2. The van der Waals surface area contributed by atoms with E-state index in [1.54, 1.807) is 6.20 Å². The molecule has 1 N–H and O–H groups in total. The summed E-state index contributed by atoms with van der Waals surface area (Å²) in [5, 5.41) is 3.42. The average molecular weight is 285 g/mol. The number of hydrogen-bond donors (Lipinski definition) is 1. The van der Waals surface area contributed by atoms with Crippen molar-refractivity contribution in [1.29, 1.82) is 0 Å². The zero-order valence-corrected chi connectivity index (χ0v) is 12.3. The zero-order chi connectivity index (χ0) is 14.7. The maximum atomic E-state index is 5.73. The Kier molecular flexibility index (Phi) is 3.81. The topological polar surface area (TPSA) is 46.6 Å². The molecule has 1 aliphatic heterocycles. The molecule has 0 saturated carbocycles. The van der Waals surface area contributed by atoms with E-state index in [9.17, 15) is 0 Å². The van der Waals surface area contributed by atoms with E-state index in [2.05, 4.69) is 10.3 Å². The third-order valence-corrected chi connectivity index (χ3v) is 3.33. The van der Waals surface area contributed by atoms with Crippen molar-refractivity contribution < 1.29 is 9.47 Å². The number of fused-ring (bicyclic) bond motifs is 1. The summed E-state index contributed by atoms with van der Waals surface area (Å²) >= 11 is 0. The first-order valence-electron chi connectivity index (χ1n) is 6.99. The molecule has 21 heavy (non-hydrogen) atoms. The average Bonchev–Trinajstić information content (AvgIpc) is 2.53. The summed E-state index contributed by atoms with van der Waals surface area (Å²) in [7, 11) is 3.96. The molecule has 0 atom stereocenters. The van der Waals surface area contributed by atoms with Crippen LogP contribution in [0.4, 0.5) is 11.5 Å². The number of para-hydroxylation sites is 1. The molecule has 0 aliphatic carbocycles. The molecule has 5 heteroatoms. The number of pyridine rings is 1. The minimum atomic E-state index is 0.597. The van der Waals surface area contributed by atoms with Gasteiger partial charge < -0.3 is 19.7 Å². The van der Waals surface area contributed by atoms with Gasteiger partial charge in [0.15, 0.2) is 17.3 Å². The molecule has 0 unspecified atom stereocenters. The van der Waals surface area contributed by atoms with Crippen molar-refractivity contribution in [1.82, 2.24) is 4.98 Å². The molecule has 1 aromatic heterocycles. The third-order valence-electron chi connectivity index (χ3n) is 3.33. The van der Waals surface area contributed by atoms with Crippen molar-refractivity contribution in [2.75, 3.05) is 37.5 Å². The van der Waals surface area contributed by atoms with Crippen molar-refractivity contribution in [2.24, 2.45) is 0 Å². The van der Waals surface area contributed by atoms with Gasteiger partial charge in [-0.1, -0.05) is 12.1 Å². The highest BCUT2D eigenvalue weighted by atomic mass is 16.6. The van der Waals surface area contributed by atoms with E-state index in [4.69, 9.17) is 9.47 Å². The quantitative estimate of drug-likeness (QED) is 0.935. The van der Waals surface area contributed by atoms with Gasteiger partial charge in [-0.3, -0.25) is 0 Å². The van der Waals surface area contributed by atoms with Crippen LogP contribution in [0.15, 0.2) is 36.5 Å². The van der Waals surface area contributed by atoms with Gasteiger partial charge >= 0.3 is 0 Å². The second-order valence-corrected chi connectivity index (χ2v) is 5.06. The normalized spacial score (nSPS) is 12.9. The molecule has 0 bridgehead atoms. The Morgan fingerprint density at radius 3 is 2.86 bits per heavy atom. The lowest BCUT2D eigenvalue weighted by molar-refractivity contribution is 0.170. The van der Waals surface area contributed by atoms with E-state index in [1.165, 1.54) is 0 Å². The van der Waals surface area contributed by atoms with E-state index in [1.807, 2.05) is 49.3 Å². The molecule has 0 saturated heterocycles. The van der Waals surface area contributed by atoms with Crippen molar-refractivity contribution in [3.05, 3.63) is 42.1 Å². The Morgan fingerprint density at radius 1 is 1.14 bits per heavy atom. The van der Waals surface area contributed by atoms with Crippen LogP contribution < -0.4 is 19.7 Å². The highest BCUT2D eigenvalue weighted by molar-refractivity contribution is 5.65. The molecule has 110 valence electrons. The van der Waals surface area contributed by atoms with E-state index in [0.717, 1.165) is 28.6 Å². The van der Waals surface area contributed by atoms with Crippen LogP contribution in [0.5, 0.6) is 11.5 Å². The van der Waals surface area contributed by atoms with Crippen molar-refractivity contribution in [3.63, 3.8) is 0 Å². The minimum absolute atomic E-state index is 0.597. The van der Waals surface area contributed by atoms with Gasteiger partial charge in [-0.15, -0.1) is 0 Å². The van der Waals surface area contributed by atoms with Gasteiger partial charge in [0.25, 0.3) is 0 Å². The van der Waals surface area contributed by atoms with Crippen molar-refractivity contribution in [3.8, 4) is 11.5 Å². The molecule has 3 rings (SSSR count). The number of anilines is 2. The fraction of sp³-hybridized carbons (Fsp3) is 0.312. The smallest absolute Gasteiger partial charge is 0.166 e. The molecule has 2 aromatic rings. The van der Waals surface area contributed by atoms with Gasteiger partial charge in [0, 0.05) is 32.4 Å². The fourth-order valence-electron chi connectivity index (χ4n) is 2.36. The number of nitrogens with one attached hydrogen (secondary N) is 1. The lowest BCUT2D eigenvalue weighted by Gasteiger charge is -2.22. The first-order valence-corrected chi connectivity index (χ1v) is 6.99. The first kappa shape index (κ1) is 13.5. The largest absolute Gasteiger partial charge is 0.486 e. The number of ether oxygens (including phenoxy) is 2. The zero-order valence-electron chi connectivity index (χ0n) is 12.3. The standard InChI is InChI=1S/C16H19N3O2/c1-19(2)16-13(6-4-8-17-16)18-11-12-5-3-7-14-15(12)21-10-9-20-14/h3-8,18H,9-11H2,1-2H3. The first-order chi connectivity index (χ1) is 10.3. The summed E-state index contributed by atoms with van der Waals surface area (Å²) in [6.45, 7) is 1.87. The molecule has 0 fully saturated rings. The molecule has 0 radical (unpaired) electrons. The number of nitrogens with zero attached hydrogens (tertiary/aromatic N) is 2. The predicted octanol–water partition coefficient (Wildman–Crippen LogP) is 2.53. The highest BCUT2D eigenvalue weighted by Crippen LogP contribution is 2.34. The van der Waals surface area contributed by atoms with Crippen molar-refractivity contribution >= 4 is 11.5 Å². The van der Waals surface area contributed by atoms with E-state index in [-0.39, 0.29) is 0 Å². The van der Waals surface area contributed by atoms with E-state index < -0.39 is 0 Å². The van der Waals surface area contributed by atoms with Crippen LogP contribution in [0.1, 0.15) is 5.56 Å². The number of hydrogen-bond acceptors (Lipinski definition) is 5. The van der Waals surface area contributed by atoms with Gasteiger partial charge in [-0.05, 0) is 18.2 Å². The molecule has 0 spiro atoms. The molecular weight excluding hydrogens is 266 g/mol. The Labute approximate surface area is 124 Å². The monoisotopic (exact) mass is 285 g/mol. The van der Waals surface area contributed by atoms with Gasteiger partial charge in [-0.2, -0.15) is 0 Å². The van der Waals surface area contributed by atoms with Gasteiger partial charge in [-0.25, -0.2) is 4.98 Å². The summed E-state index contributed by atoms with van der Waals surface area (Å²) in [4.78, 5) is 6.37. The Balaban J connectivity index is 1.80. The Bertz CT molecular complexity index is 629. The fourth-order valence-corrected chi connectivity index (χ4v) is 2.36. The third kappa shape index (κ3) is 2.86. The summed E-state index contributed by atoms with van der Waals surface area (Å²) in [5.41, 5.74) is 2.08. The van der Waals surface area contributed by atoms with Gasteiger partial charge in [0.2, 0.25) is 0 Å². The van der Waals surface area contributed by atoms with Crippen molar-refractivity contribution in [2.45, 2.75) is 6.54 Å². The predicted molar refractivity (Wildman–Crippen MR) is 83.3 cm³/mol. The van der Waals surface area contributed by atoms with Crippen LogP contribution >= 0.6 is 0 Å². The maximum Gasteiger partial charge on any atom is 0.166 e. The van der Waals surface area contributed by atoms with Crippen LogP contribution in [0, 0.1) is 0 Å². The highest BCUT2D eigenvalue weighted by Gasteiger charge is 2.15. The molecule has 5 nitrogen and oxygen atoms in total. The van der Waals surface area contributed by atoms with E-state index >= 15 is 0 Å². The number of rotatable bonds is 4. The lowest BCUT2D eigenvalue weighted by atomic mass is 10.1. The van der Waals surface area contributed by atoms with Crippen LogP contribution in [0.2, 0.25) is 0 Å². The van der Waals surface area contributed by atoms with Crippen LogP contribution in [0.25, 0.3) is 0 Å². The number of aromatic nitrogens is 1. The number of benzene rings is 1. The lowest BCUT2D eigenvalue weighted by Crippen LogP contribution is -2.17. The van der Waals surface area contributed by atoms with Crippen LogP contribution in [-0.4, -0.2) is 32.3 Å². The molecule has 1 aliphatic rings. The molecule has 0 amide bonds. The van der Waals surface area contributed by atoms with Crippen LogP contribution in [0.3, 0.4) is 0 Å². The molecular formula is C16H19N3O2. The summed E-state index contributed by atoms with van der Waals surface area (Å²) < 4.78 is 11.3. The maximum absolute atomic E-state index is 5.73. The summed E-state index contributed by atoms with van der Waals surface area (Å²) in [5.74, 6) is 2.57. The molecule has 2 heterocycles.